The van der Waals surface area contributed by atoms with E-state index in [4.69, 9.17) is 0 Å². The van der Waals surface area contributed by atoms with Crippen molar-refractivity contribution < 1.29 is 19.2 Å². The Hall–Kier alpha value is -3.54. The van der Waals surface area contributed by atoms with Crippen LogP contribution in [0.2, 0.25) is 0 Å². The van der Waals surface area contributed by atoms with Gasteiger partial charge in [0.25, 0.3) is 17.7 Å². The summed E-state index contributed by atoms with van der Waals surface area (Å²) < 4.78 is 0. The molecule has 0 unspecified atom stereocenters. The van der Waals surface area contributed by atoms with E-state index in [1.54, 1.807) is 30.3 Å². The van der Waals surface area contributed by atoms with Gasteiger partial charge in [0.2, 0.25) is 5.91 Å². The third-order valence-corrected chi connectivity index (χ3v) is 4.25. The molecule has 2 heterocycles. The van der Waals surface area contributed by atoms with E-state index in [-0.39, 0.29) is 17.9 Å². The van der Waals surface area contributed by atoms with Crippen LogP contribution in [0, 0.1) is 0 Å². The molecule has 6 nitrogen and oxygen atoms in total. The van der Waals surface area contributed by atoms with E-state index in [2.05, 4.69) is 6.58 Å². The normalized spacial score (nSPS) is 17.5. The monoisotopic (exact) mass is 332 g/mol. The van der Waals surface area contributed by atoms with Gasteiger partial charge in [-0.3, -0.25) is 19.2 Å². The lowest BCUT2D eigenvalue weighted by Gasteiger charge is -2.21. The average molecular weight is 332 g/mol. The van der Waals surface area contributed by atoms with Crippen molar-refractivity contribution in [2.45, 2.75) is 6.42 Å². The van der Waals surface area contributed by atoms with Crippen LogP contribution in [-0.4, -0.2) is 23.6 Å². The molecular weight excluding hydrogens is 320 g/mol. The lowest BCUT2D eigenvalue weighted by molar-refractivity contribution is -0.121. The van der Waals surface area contributed by atoms with Crippen molar-refractivity contribution >= 4 is 45.8 Å². The van der Waals surface area contributed by atoms with Gasteiger partial charge in [-0.25, -0.2) is 9.80 Å². The van der Waals surface area contributed by atoms with Gasteiger partial charge in [0.1, 0.15) is 0 Å². The van der Waals surface area contributed by atoms with Crippen LogP contribution in [0.1, 0.15) is 6.42 Å². The molecule has 1 saturated heterocycles. The van der Waals surface area contributed by atoms with Crippen LogP contribution in [0.5, 0.6) is 0 Å². The fourth-order valence-electron chi connectivity index (χ4n) is 3.10. The standard InChI is InChI=1S/C19H12N2O4/c1-11-8-18(24)21(19(11)25)15-10-13(20-16(22)6-7-17(20)23)9-12-4-2-3-5-14(12)15/h2-7,9-10H,1,8H2. The Kier molecular flexibility index (Phi) is 3.15. The molecule has 2 aromatic carbocycles. The Morgan fingerprint density at radius 1 is 0.880 bits per heavy atom. The van der Waals surface area contributed by atoms with Gasteiger partial charge in [0.05, 0.1) is 17.8 Å². The predicted molar refractivity (Wildman–Crippen MR) is 91.8 cm³/mol. The van der Waals surface area contributed by atoms with Gasteiger partial charge in [0.15, 0.2) is 0 Å². The van der Waals surface area contributed by atoms with Crippen LogP contribution < -0.4 is 9.80 Å². The summed E-state index contributed by atoms with van der Waals surface area (Å²) >= 11 is 0. The van der Waals surface area contributed by atoms with Crippen LogP contribution in [0.3, 0.4) is 0 Å². The van der Waals surface area contributed by atoms with E-state index < -0.39 is 17.7 Å². The maximum absolute atomic E-state index is 12.4. The van der Waals surface area contributed by atoms with E-state index in [0.717, 1.165) is 9.80 Å². The quantitative estimate of drug-likeness (QED) is 0.623. The van der Waals surface area contributed by atoms with Crippen molar-refractivity contribution in [3.05, 3.63) is 60.7 Å². The zero-order valence-electron chi connectivity index (χ0n) is 13.1. The highest BCUT2D eigenvalue weighted by molar-refractivity contribution is 6.32. The third kappa shape index (κ3) is 2.19. The lowest BCUT2D eigenvalue weighted by Crippen LogP contribution is -2.31. The van der Waals surface area contributed by atoms with Gasteiger partial charge < -0.3 is 0 Å². The Labute approximate surface area is 142 Å². The van der Waals surface area contributed by atoms with Crippen LogP contribution in [0.4, 0.5) is 11.4 Å². The van der Waals surface area contributed by atoms with Gasteiger partial charge >= 0.3 is 0 Å². The average Bonchev–Trinajstić information content (AvgIpc) is 3.05. The Balaban J connectivity index is 1.96. The van der Waals surface area contributed by atoms with Crippen molar-refractivity contribution in [3.63, 3.8) is 0 Å². The maximum Gasteiger partial charge on any atom is 0.260 e. The molecule has 2 aromatic rings. The number of amides is 4. The van der Waals surface area contributed by atoms with Gasteiger partial charge in [-0.1, -0.05) is 30.8 Å². The first kappa shape index (κ1) is 15.0. The molecular formula is C19H12N2O4. The second kappa shape index (κ2) is 5.24. The second-order valence-corrected chi connectivity index (χ2v) is 5.85. The number of anilines is 2. The van der Waals surface area contributed by atoms with Crippen molar-refractivity contribution in [1.82, 2.24) is 0 Å². The fourth-order valence-corrected chi connectivity index (χ4v) is 3.10. The Morgan fingerprint density at radius 2 is 1.56 bits per heavy atom. The number of fused-ring (bicyclic) bond motifs is 1. The second-order valence-electron chi connectivity index (χ2n) is 5.85. The van der Waals surface area contributed by atoms with Crippen LogP contribution in [0.15, 0.2) is 60.7 Å². The molecule has 122 valence electrons. The van der Waals surface area contributed by atoms with Crippen molar-refractivity contribution in [2.75, 3.05) is 9.80 Å². The molecule has 0 aliphatic carbocycles. The number of rotatable bonds is 2. The minimum atomic E-state index is -0.468. The zero-order chi connectivity index (χ0) is 17.7. The summed E-state index contributed by atoms with van der Waals surface area (Å²) in [6.07, 6.45) is 2.33. The topological polar surface area (TPSA) is 74.8 Å². The first-order chi connectivity index (χ1) is 12.0. The van der Waals surface area contributed by atoms with Gasteiger partial charge in [-0.05, 0) is 17.5 Å². The smallest absolute Gasteiger partial charge is 0.260 e. The molecule has 0 bridgehead atoms. The Bertz CT molecular complexity index is 1020. The first-order valence-corrected chi connectivity index (χ1v) is 7.61. The molecule has 0 N–H and O–H groups in total. The predicted octanol–water partition coefficient (Wildman–Crippen LogP) is 2.09. The van der Waals surface area contributed by atoms with E-state index in [1.807, 2.05) is 0 Å². The van der Waals surface area contributed by atoms with E-state index in [0.29, 0.717) is 22.1 Å². The van der Waals surface area contributed by atoms with E-state index in [1.165, 1.54) is 18.2 Å². The summed E-state index contributed by atoms with van der Waals surface area (Å²) in [7, 11) is 0. The summed E-state index contributed by atoms with van der Waals surface area (Å²) in [4.78, 5) is 50.7. The highest BCUT2D eigenvalue weighted by atomic mass is 16.2. The maximum atomic E-state index is 12.4. The molecule has 4 rings (SSSR count). The van der Waals surface area contributed by atoms with Crippen molar-refractivity contribution in [1.29, 1.82) is 0 Å². The molecule has 0 saturated carbocycles. The van der Waals surface area contributed by atoms with Gasteiger partial charge in [-0.15, -0.1) is 0 Å². The highest BCUT2D eigenvalue weighted by Crippen LogP contribution is 2.36. The third-order valence-electron chi connectivity index (χ3n) is 4.25. The van der Waals surface area contributed by atoms with Crippen LogP contribution >= 0.6 is 0 Å². The highest BCUT2D eigenvalue weighted by Gasteiger charge is 2.35. The Morgan fingerprint density at radius 3 is 2.20 bits per heavy atom. The van der Waals surface area contributed by atoms with Gasteiger partial charge in [-0.2, -0.15) is 0 Å². The summed E-state index contributed by atoms with van der Waals surface area (Å²) in [6, 6.07) is 10.4. The number of hydrogen-bond donors (Lipinski definition) is 0. The molecule has 2 aliphatic rings. The number of imide groups is 2. The molecule has 2 aliphatic heterocycles. The SMILES string of the molecule is C=C1CC(=O)N(c2cc(N3C(=O)C=CC3=O)cc3ccccc23)C1=O. The molecule has 25 heavy (non-hydrogen) atoms. The fraction of sp³-hybridized carbons (Fsp3) is 0.0526. The number of benzene rings is 2. The summed E-state index contributed by atoms with van der Waals surface area (Å²) in [5.74, 6) is -1.77. The van der Waals surface area contributed by atoms with Crippen molar-refractivity contribution in [2.24, 2.45) is 0 Å². The summed E-state index contributed by atoms with van der Waals surface area (Å²) in [5.41, 5.74) is 0.871. The minimum absolute atomic E-state index is 0.0412. The molecule has 6 heteroatoms. The lowest BCUT2D eigenvalue weighted by atomic mass is 10.1. The molecule has 0 spiro atoms. The number of hydrogen-bond acceptors (Lipinski definition) is 4. The first-order valence-electron chi connectivity index (χ1n) is 7.61. The van der Waals surface area contributed by atoms with Crippen molar-refractivity contribution in [3.8, 4) is 0 Å². The number of nitrogens with zero attached hydrogens (tertiary/aromatic N) is 2. The molecule has 4 amide bonds. The van der Waals surface area contributed by atoms with E-state index >= 15 is 0 Å². The molecule has 0 aromatic heterocycles. The number of carbonyl (C=O) groups is 4. The largest absolute Gasteiger partial charge is 0.274 e. The number of carbonyl (C=O) groups excluding carboxylic acids is 4. The minimum Gasteiger partial charge on any atom is -0.274 e. The van der Waals surface area contributed by atoms with Crippen LogP contribution in [0.25, 0.3) is 10.8 Å². The van der Waals surface area contributed by atoms with Crippen LogP contribution in [-0.2, 0) is 19.2 Å². The zero-order valence-corrected chi connectivity index (χ0v) is 13.1. The molecule has 0 radical (unpaired) electrons. The van der Waals surface area contributed by atoms with E-state index in [9.17, 15) is 19.2 Å². The molecule has 1 fully saturated rings. The van der Waals surface area contributed by atoms with Gasteiger partial charge in [0, 0.05) is 23.1 Å². The summed E-state index contributed by atoms with van der Waals surface area (Å²) in [6.45, 7) is 3.62. The summed E-state index contributed by atoms with van der Waals surface area (Å²) in [5, 5.41) is 1.38. The molecule has 0 atom stereocenters.